The van der Waals surface area contributed by atoms with Crippen molar-refractivity contribution in [2.24, 2.45) is 0 Å². The summed E-state index contributed by atoms with van der Waals surface area (Å²) in [6.07, 6.45) is 3.70. The first-order valence-electron chi connectivity index (χ1n) is 7.96. The van der Waals surface area contributed by atoms with Crippen LogP contribution in [0.1, 0.15) is 10.6 Å². The molecular weight excluding hydrogens is 369 g/mol. The van der Waals surface area contributed by atoms with E-state index in [0.29, 0.717) is 15.9 Å². The van der Waals surface area contributed by atoms with Gasteiger partial charge in [-0.1, -0.05) is 29.5 Å². The molecule has 0 spiro atoms. The Morgan fingerprint density at radius 3 is 2.48 bits per heavy atom. The summed E-state index contributed by atoms with van der Waals surface area (Å²) in [5.74, 6) is 0.458. The van der Waals surface area contributed by atoms with Crippen LogP contribution in [-0.2, 0) is 4.79 Å². The van der Waals surface area contributed by atoms with Crippen LogP contribution in [0.5, 0.6) is 11.5 Å². The normalized spacial score (nSPS) is 10.7. The fourth-order valence-electron chi connectivity index (χ4n) is 2.07. The monoisotopic (exact) mass is 385 g/mol. The molecule has 0 saturated heterocycles. The number of nitrogens with one attached hydrogen (secondary N) is 1. The maximum absolute atomic E-state index is 12.8. The summed E-state index contributed by atoms with van der Waals surface area (Å²) in [4.78, 5) is 11.9. The van der Waals surface area contributed by atoms with E-state index in [4.69, 9.17) is 9.47 Å². The molecule has 0 aliphatic rings. The van der Waals surface area contributed by atoms with Crippen molar-refractivity contribution < 1.29 is 18.7 Å². The standard InChI is InChI=1S/C19H16FN3O3S/c1-25-15-7-2-13(3-8-15)4-11-18-22-23-19(27-18)21-17(24)12-26-16-9-5-14(20)6-10-16/h2-11H,12H2,1H3,(H,21,23,24). The second-order valence-electron chi connectivity index (χ2n) is 5.34. The third-order valence-corrected chi connectivity index (χ3v) is 4.21. The van der Waals surface area contributed by atoms with Gasteiger partial charge >= 0.3 is 0 Å². The highest BCUT2D eigenvalue weighted by Crippen LogP contribution is 2.19. The van der Waals surface area contributed by atoms with Crippen molar-refractivity contribution in [3.05, 3.63) is 64.9 Å². The molecule has 1 heterocycles. The SMILES string of the molecule is COc1ccc(C=Cc2nnc(NC(=O)COc3ccc(F)cc3)s2)cc1. The van der Waals surface area contributed by atoms with Crippen molar-refractivity contribution in [1.29, 1.82) is 0 Å². The van der Waals surface area contributed by atoms with E-state index in [0.717, 1.165) is 11.3 Å². The lowest BCUT2D eigenvalue weighted by atomic mass is 10.2. The summed E-state index contributed by atoms with van der Waals surface area (Å²) in [5.41, 5.74) is 0.990. The minimum atomic E-state index is -0.374. The van der Waals surface area contributed by atoms with Crippen molar-refractivity contribution in [1.82, 2.24) is 10.2 Å². The first-order valence-corrected chi connectivity index (χ1v) is 8.78. The highest BCUT2D eigenvalue weighted by Gasteiger charge is 2.08. The zero-order valence-electron chi connectivity index (χ0n) is 14.4. The highest BCUT2D eigenvalue weighted by molar-refractivity contribution is 7.16. The van der Waals surface area contributed by atoms with Crippen LogP contribution in [0.3, 0.4) is 0 Å². The summed E-state index contributed by atoms with van der Waals surface area (Å²) >= 11 is 1.24. The zero-order chi connectivity index (χ0) is 19.1. The van der Waals surface area contributed by atoms with Crippen LogP contribution in [0.4, 0.5) is 9.52 Å². The van der Waals surface area contributed by atoms with Gasteiger partial charge in [0.2, 0.25) is 5.13 Å². The van der Waals surface area contributed by atoms with E-state index in [-0.39, 0.29) is 18.3 Å². The van der Waals surface area contributed by atoms with Gasteiger partial charge in [0.25, 0.3) is 5.91 Å². The minimum absolute atomic E-state index is 0.206. The Bertz CT molecular complexity index is 924. The number of benzene rings is 2. The molecule has 0 fully saturated rings. The molecule has 27 heavy (non-hydrogen) atoms. The van der Waals surface area contributed by atoms with Crippen LogP contribution in [-0.4, -0.2) is 29.8 Å². The largest absolute Gasteiger partial charge is 0.497 e. The fourth-order valence-corrected chi connectivity index (χ4v) is 2.73. The predicted molar refractivity (Wildman–Crippen MR) is 102 cm³/mol. The molecule has 3 rings (SSSR count). The molecule has 0 bridgehead atoms. The van der Waals surface area contributed by atoms with E-state index in [1.165, 1.54) is 35.6 Å². The number of amides is 1. The maximum Gasteiger partial charge on any atom is 0.264 e. The second-order valence-corrected chi connectivity index (χ2v) is 6.35. The average Bonchev–Trinajstić information content (AvgIpc) is 3.13. The van der Waals surface area contributed by atoms with Crippen LogP contribution >= 0.6 is 11.3 Å². The van der Waals surface area contributed by atoms with Crippen molar-refractivity contribution in [3.63, 3.8) is 0 Å². The molecule has 2 aromatic carbocycles. The number of aromatic nitrogens is 2. The lowest BCUT2D eigenvalue weighted by molar-refractivity contribution is -0.118. The van der Waals surface area contributed by atoms with Gasteiger partial charge < -0.3 is 9.47 Å². The predicted octanol–water partition coefficient (Wildman–Crippen LogP) is 3.87. The summed E-state index contributed by atoms with van der Waals surface area (Å²) < 4.78 is 23.2. The van der Waals surface area contributed by atoms with Crippen LogP contribution < -0.4 is 14.8 Å². The molecule has 8 heteroatoms. The molecule has 0 aliphatic heterocycles. The van der Waals surface area contributed by atoms with Crippen molar-refractivity contribution in [2.45, 2.75) is 0 Å². The second kappa shape index (κ2) is 8.91. The Balaban J connectivity index is 1.51. The van der Waals surface area contributed by atoms with Gasteiger partial charge in [-0.2, -0.15) is 0 Å². The quantitative estimate of drug-likeness (QED) is 0.668. The van der Waals surface area contributed by atoms with E-state index in [9.17, 15) is 9.18 Å². The lowest BCUT2D eigenvalue weighted by Crippen LogP contribution is -2.20. The number of halogens is 1. The molecule has 0 radical (unpaired) electrons. The van der Waals surface area contributed by atoms with Crippen molar-refractivity contribution >= 4 is 34.5 Å². The number of methoxy groups -OCH3 is 1. The van der Waals surface area contributed by atoms with E-state index in [1.54, 1.807) is 7.11 Å². The van der Waals surface area contributed by atoms with E-state index in [1.807, 2.05) is 36.4 Å². The van der Waals surface area contributed by atoms with Crippen LogP contribution in [0.15, 0.2) is 48.5 Å². The number of carbonyl (C=O) groups excluding carboxylic acids is 1. The molecule has 0 unspecified atom stereocenters. The zero-order valence-corrected chi connectivity index (χ0v) is 15.2. The van der Waals surface area contributed by atoms with Gasteiger partial charge in [0.05, 0.1) is 7.11 Å². The Labute approximate surface area is 159 Å². The number of hydrogen-bond acceptors (Lipinski definition) is 6. The molecule has 0 aliphatic carbocycles. The first kappa shape index (κ1) is 18.5. The van der Waals surface area contributed by atoms with Gasteiger partial charge in [0.1, 0.15) is 22.3 Å². The van der Waals surface area contributed by atoms with Crippen molar-refractivity contribution in [3.8, 4) is 11.5 Å². The molecule has 6 nitrogen and oxygen atoms in total. The Kier molecular flexibility index (Phi) is 6.11. The maximum atomic E-state index is 12.8. The van der Waals surface area contributed by atoms with Gasteiger partial charge in [-0.15, -0.1) is 10.2 Å². The van der Waals surface area contributed by atoms with Crippen LogP contribution in [0.2, 0.25) is 0 Å². The molecule has 0 saturated carbocycles. The smallest absolute Gasteiger partial charge is 0.264 e. The first-order chi connectivity index (χ1) is 13.1. The molecule has 3 aromatic rings. The van der Waals surface area contributed by atoms with E-state index < -0.39 is 0 Å². The average molecular weight is 385 g/mol. The van der Waals surface area contributed by atoms with Gasteiger partial charge in [-0.3, -0.25) is 10.1 Å². The highest BCUT2D eigenvalue weighted by atomic mass is 32.1. The topological polar surface area (TPSA) is 73.3 Å². The van der Waals surface area contributed by atoms with Gasteiger partial charge in [-0.05, 0) is 48.0 Å². The molecule has 1 aromatic heterocycles. The van der Waals surface area contributed by atoms with Crippen LogP contribution in [0.25, 0.3) is 12.2 Å². The summed E-state index contributed by atoms with van der Waals surface area (Å²) in [7, 11) is 1.62. The minimum Gasteiger partial charge on any atom is -0.497 e. The van der Waals surface area contributed by atoms with Crippen molar-refractivity contribution in [2.75, 3.05) is 19.0 Å². The molecule has 0 atom stereocenters. The number of anilines is 1. The Morgan fingerprint density at radius 2 is 1.78 bits per heavy atom. The third kappa shape index (κ3) is 5.61. The number of ether oxygens (including phenoxy) is 2. The van der Waals surface area contributed by atoms with Gasteiger partial charge in [-0.25, -0.2) is 4.39 Å². The fraction of sp³-hybridized carbons (Fsp3) is 0.105. The third-order valence-electron chi connectivity index (χ3n) is 3.40. The molecule has 1 amide bonds. The Hall–Kier alpha value is -3.26. The summed E-state index contributed by atoms with van der Waals surface area (Å²) in [6, 6.07) is 13.0. The molecular formula is C19H16FN3O3S. The van der Waals surface area contributed by atoms with E-state index >= 15 is 0 Å². The van der Waals surface area contributed by atoms with E-state index in [2.05, 4.69) is 15.5 Å². The molecule has 1 N–H and O–H groups in total. The summed E-state index contributed by atoms with van der Waals surface area (Å²) in [5, 5.41) is 11.6. The van der Waals surface area contributed by atoms with Gasteiger partial charge in [0.15, 0.2) is 6.61 Å². The summed E-state index contributed by atoms with van der Waals surface area (Å²) in [6.45, 7) is -0.206. The number of rotatable bonds is 7. The van der Waals surface area contributed by atoms with Crippen LogP contribution in [0, 0.1) is 5.82 Å². The number of hydrogen-bond donors (Lipinski definition) is 1. The number of nitrogens with zero attached hydrogens (tertiary/aromatic N) is 2. The number of carbonyl (C=O) groups is 1. The van der Waals surface area contributed by atoms with Gasteiger partial charge in [0, 0.05) is 0 Å². The Morgan fingerprint density at radius 1 is 1.07 bits per heavy atom. The lowest BCUT2D eigenvalue weighted by Gasteiger charge is -2.05. The molecule has 138 valence electrons.